The van der Waals surface area contributed by atoms with E-state index in [2.05, 4.69) is 55.1 Å². The lowest BCUT2D eigenvalue weighted by molar-refractivity contribution is -0.115. The smallest absolute Gasteiger partial charge is 0.238 e. The molecular weight excluding hydrogens is 448 g/mol. The molecule has 1 saturated heterocycles. The molecule has 36 heavy (non-hydrogen) atoms. The van der Waals surface area contributed by atoms with Crippen LogP contribution in [0.4, 0.5) is 17.3 Å². The summed E-state index contributed by atoms with van der Waals surface area (Å²) in [5.41, 5.74) is 4.78. The molecule has 1 aromatic heterocycles. The van der Waals surface area contributed by atoms with Gasteiger partial charge in [0.25, 0.3) is 0 Å². The van der Waals surface area contributed by atoms with Crippen LogP contribution in [0.1, 0.15) is 12.0 Å². The average Bonchev–Trinajstić information content (AvgIpc) is 3.36. The van der Waals surface area contributed by atoms with Crippen molar-refractivity contribution in [2.75, 3.05) is 30.3 Å². The van der Waals surface area contributed by atoms with E-state index < -0.39 is 0 Å². The molecule has 0 saturated carbocycles. The van der Waals surface area contributed by atoms with Gasteiger partial charge < -0.3 is 16.0 Å². The van der Waals surface area contributed by atoms with Gasteiger partial charge in [0.2, 0.25) is 11.9 Å². The zero-order valence-corrected chi connectivity index (χ0v) is 20.1. The van der Waals surface area contributed by atoms with Gasteiger partial charge in [-0.15, -0.1) is 0 Å². The molecule has 1 atom stereocenters. The summed E-state index contributed by atoms with van der Waals surface area (Å²) >= 11 is 0. The second-order valence-corrected chi connectivity index (χ2v) is 8.97. The number of hydrogen-bond acceptors (Lipinski definition) is 6. The minimum Gasteiger partial charge on any atom is -0.325 e. The summed E-state index contributed by atoms with van der Waals surface area (Å²) in [6, 6.07) is 30.2. The third-order valence-corrected chi connectivity index (χ3v) is 6.22. The van der Waals surface area contributed by atoms with E-state index in [0.717, 1.165) is 48.7 Å². The SMILES string of the molecule is O=C(CNC1CCN(Cc2ccccc2)C1)Nc1ccc(-c2ccnc(Nc3ccccc3)n2)cc1. The molecule has 1 aliphatic rings. The van der Waals surface area contributed by atoms with Crippen molar-refractivity contribution < 1.29 is 4.79 Å². The zero-order chi connectivity index (χ0) is 24.6. The number of amides is 1. The molecule has 2 heterocycles. The number of benzene rings is 3. The fraction of sp³-hybridized carbons (Fsp3) is 0.207. The Balaban J connectivity index is 1.09. The Morgan fingerprint density at radius 2 is 1.64 bits per heavy atom. The van der Waals surface area contributed by atoms with E-state index >= 15 is 0 Å². The third kappa shape index (κ3) is 6.53. The van der Waals surface area contributed by atoms with Gasteiger partial charge >= 0.3 is 0 Å². The summed E-state index contributed by atoms with van der Waals surface area (Å²) < 4.78 is 0. The lowest BCUT2D eigenvalue weighted by Crippen LogP contribution is -2.37. The van der Waals surface area contributed by atoms with Crippen molar-refractivity contribution in [1.82, 2.24) is 20.2 Å². The second kappa shape index (κ2) is 11.6. The van der Waals surface area contributed by atoms with Gasteiger partial charge in [0.15, 0.2) is 0 Å². The maximum Gasteiger partial charge on any atom is 0.238 e. The lowest BCUT2D eigenvalue weighted by Gasteiger charge is -2.16. The molecule has 0 radical (unpaired) electrons. The number of aromatic nitrogens is 2. The number of hydrogen-bond donors (Lipinski definition) is 3. The van der Waals surface area contributed by atoms with Gasteiger partial charge in [0.1, 0.15) is 0 Å². The number of carbonyl (C=O) groups excluding carboxylic acids is 1. The molecule has 3 aromatic carbocycles. The molecular formula is C29H30N6O. The first-order valence-electron chi connectivity index (χ1n) is 12.3. The zero-order valence-electron chi connectivity index (χ0n) is 20.1. The Hall–Kier alpha value is -4.07. The number of nitrogens with one attached hydrogen (secondary N) is 3. The molecule has 1 fully saturated rings. The van der Waals surface area contributed by atoms with E-state index in [9.17, 15) is 4.79 Å². The highest BCUT2D eigenvalue weighted by Gasteiger charge is 2.22. The first-order valence-corrected chi connectivity index (χ1v) is 12.3. The number of para-hydroxylation sites is 1. The Labute approximate surface area is 211 Å². The highest BCUT2D eigenvalue weighted by molar-refractivity contribution is 5.92. The van der Waals surface area contributed by atoms with Crippen LogP contribution >= 0.6 is 0 Å². The normalized spacial score (nSPS) is 15.5. The quantitative estimate of drug-likeness (QED) is 0.324. The van der Waals surface area contributed by atoms with E-state index in [4.69, 9.17) is 0 Å². The van der Waals surface area contributed by atoms with Crippen molar-refractivity contribution >= 4 is 23.2 Å². The molecule has 4 aromatic rings. The summed E-state index contributed by atoms with van der Waals surface area (Å²) in [7, 11) is 0. The summed E-state index contributed by atoms with van der Waals surface area (Å²) in [6.07, 6.45) is 2.79. The Morgan fingerprint density at radius 3 is 2.42 bits per heavy atom. The van der Waals surface area contributed by atoms with E-state index in [-0.39, 0.29) is 5.91 Å². The largest absolute Gasteiger partial charge is 0.325 e. The Morgan fingerprint density at radius 1 is 0.889 bits per heavy atom. The van der Waals surface area contributed by atoms with Gasteiger partial charge in [-0.1, -0.05) is 60.7 Å². The predicted octanol–water partition coefficient (Wildman–Crippen LogP) is 4.69. The first-order chi connectivity index (χ1) is 17.7. The van der Waals surface area contributed by atoms with E-state index in [0.29, 0.717) is 18.5 Å². The molecule has 7 nitrogen and oxygen atoms in total. The summed E-state index contributed by atoms with van der Waals surface area (Å²) in [4.78, 5) is 23.8. The first kappa shape index (κ1) is 23.7. The van der Waals surface area contributed by atoms with Gasteiger partial charge in [0, 0.05) is 48.8 Å². The van der Waals surface area contributed by atoms with Gasteiger partial charge in [-0.25, -0.2) is 9.97 Å². The summed E-state index contributed by atoms with van der Waals surface area (Å²) in [6.45, 7) is 3.25. The number of nitrogens with zero attached hydrogens (tertiary/aromatic N) is 3. The minimum absolute atomic E-state index is 0.0411. The molecule has 1 unspecified atom stereocenters. The third-order valence-electron chi connectivity index (χ3n) is 6.22. The maximum atomic E-state index is 12.5. The molecule has 1 amide bonds. The van der Waals surface area contributed by atoms with Crippen LogP contribution in [-0.4, -0.2) is 46.5 Å². The highest BCUT2D eigenvalue weighted by atomic mass is 16.1. The van der Waals surface area contributed by atoms with Gasteiger partial charge in [0.05, 0.1) is 12.2 Å². The van der Waals surface area contributed by atoms with Gasteiger partial charge in [-0.2, -0.15) is 0 Å². The molecule has 0 aliphatic carbocycles. The number of carbonyl (C=O) groups is 1. The Bertz CT molecular complexity index is 1260. The van der Waals surface area contributed by atoms with Crippen molar-refractivity contribution in [3.05, 3.63) is 103 Å². The second-order valence-electron chi connectivity index (χ2n) is 8.97. The molecule has 0 bridgehead atoms. The molecule has 0 spiro atoms. The number of likely N-dealkylation sites (tertiary alicyclic amines) is 1. The van der Waals surface area contributed by atoms with E-state index in [1.165, 1.54) is 5.56 Å². The van der Waals surface area contributed by atoms with Crippen LogP contribution in [0.2, 0.25) is 0 Å². The van der Waals surface area contributed by atoms with Crippen molar-refractivity contribution in [3.63, 3.8) is 0 Å². The fourth-order valence-electron chi connectivity index (χ4n) is 4.38. The predicted molar refractivity (Wildman–Crippen MR) is 144 cm³/mol. The molecule has 182 valence electrons. The van der Waals surface area contributed by atoms with E-state index in [1.54, 1.807) is 6.20 Å². The van der Waals surface area contributed by atoms with Crippen LogP contribution < -0.4 is 16.0 Å². The number of rotatable bonds is 9. The van der Waals surface area contributed by atoms with Crippen LogP contribution in [0.15, 0.2) is 97.2 Å². The van der Waals surface area contributed by atoms with Crippen LogP contribution in [0.5, 0.6) is 0 Å². The summed E-state index contributed by atoms with van der Waals surface area (Å²) in [5, 5.41) is 9.60. The van der Waals surface area contributed by atoms with Crippen LogP contribution in [0.3, 0.4) is 0 Å². The molecule has 5 rings (SSSR count). The number of anilines is 3. The molecule has 7 heteroatoms. The van der Waals surface area contributed by atoms with Crippen molar-refractivity contribution in [1.29, 1.82) is 0 Å². The van der Waals surface area contributed by atoms with Crippen molar-refractivity contribution in [3.8, 4) is 11.3 Å². The van der Waals surface area contributed by atoms with Crippen molar-refractivity contribution in [2.24, 2.45) is 0 Å². The van der Waals surface area contributed by atoms with Crippen LogP contribution in [-0.2, 0) is 11.3 Å². The van der Waals surface area contributed by atoms with E-state index in [1.807, 2.05) is 66.7 Å². The standard InChI is InChI=1S/C29H30N6O/c36-28(19-31-26-16-18-35(21-26)20-22-7-3-1-4-8-22)32-25-13-11-23(12-14-25)27-15-17-30-29(34-27)33-24-9-5-2-6-10-24/h1-15,17,26,31H,16,18-21H2,(H,32,36)(H,30,33,34). The van der Waals surface area contributed by atoms with Crippen LogP contribution in [0, 0.1) is 0 Å². The van der Waals surface area contributed by atoms with Gasteiger partial charge in [-0.3, -0.25) is 9.69 Å². The fourth-order valence-corrected chi connectivity index (χ4v) is 4.38. The lowest BCUT2D eigenvalue weighted by atomic mass is 10.1. The van der Waals surface area contributed by atoms with Gasteiger partial charge in [-0.05, 0) is 42.3 Å². The topological polar surface area (TPSA) is 82.2 Å². The average molecular weight is 479 g/mol. The molecule has 3 N–H and O–H groups in total. The Kier molecular flexibility index (Phi) is 7.61. The minimum atomic E-state index is -0.0411. The highest BCUT2D eigenvalue weighted by Crippen LogP contribution is 2.21. The monoisotopic (exact) mass is 478 g/mol. The van der Waals surface area contributed by atoms with Crippen molar-refractivity contribution in [2.45, 2.75) is 19.0 Å². The molecule has 1 aliphatic heterocycles. The summed E-state index contributed by atoms with van der Waals surface area (Å²) in [5.74, 6) is 0.497. The van der Waals surface area contributed by atoms with Crippen LogP contribution in [0.25, 0.3) is 11.3 Å². The maximum absolute atomic E-state index is 12.5.